The second-order valence-electron chi connectivity index (χ2n) is 9.61. The van der Waals surface area contributed by atoms with Crippen LogP contribution in [-0.4, -0.2) is 16.2 Å². The Bertz CT molecular complexity index is 1550. The lowest BCUT2D eigenvalue weighted by atomic mass is 9.93. The molecular formula is C31H30N2O4. The van der Waals surface area contributed by atoms with E-state index in [-0.39, 0.29) is 18.4 Å². The molecule has 1 amide bonds. The maximum atomic E-state index is 13.2. The number of nitrogens with one attached hydrogen (secondary N) is 1. The molecule has 2 heterocycles. The van der Waals surface area contributed by atoms with Crippen molar-refractivity contribution in [3.05, 3.63) is 123 Å². The quantitative estimate of drug-likeness (QED) is 0.282. The Hall–Kier alpha value is -4.16. The van der Waals surface area contributed by atoms with Crippen LogP contribution < -0.4 is 5.32 Å². The van der Waals surface area contributed by atoms with Gasteiger partial charge in [-0.15, -0.1) is 0 Å². The molecule has 0 fully saturated rings. The van der Waals surface area contributed by atoms with Crippen molar-refractivity contribution in [3.63, 3.8) is 0 Å². The molecule has 0 bridgehead atoms. The number of furan rings is 1. The minimum Gasteiger partial charge on any atom is -0.458 e. The van der Waals surface area contributed by atoms with Gasteiger partial charge in [-0.1, -0.05) is 65.3 Å². The van der Waals surface area contributed by atoms with Gasteiger partial charge in [-0.05, 0) is 68.1 Å². The third-order valence-corrected chi connectivity index (χ3v) is 6.77. The number of fused-ring (bicyclic) bond motifs is 1. The van der Waals surface area contributed by atoms with Crippen molar-refractivity contribution in [2.24, 2.45) is 0 Å². The lowest BCUT2D eigenvalue weighted by Crippen LogP contribution is -2.31. The summed E-state index contributed by atoms with van der Waals surface area (Å²) < 4.78 is 11.1. The monoisotopic (exact) mass is 494 g/mol. The zero-order valence-corrected chi connectivity index (χ0v) is 21.4. The van der Waals surface area contributed by atoms with Crippen LogP contribution in [0.1, 0.15) is 62.7 Å². The highest BCUT2D eigenvalue weighted by Crippen LogP contribution is 2.32. The van der Waals surface area contributed by atoms with Crippen molar-refractivity contribution in [1.29, 1.82) is 0 Å². The number of aromatic nitrogens is 1. The van der Waals surface area contributed by atoms with Gasteiger partial charge in [-0.3, -0.25) is 4.79 Å². The van der Waals surface area contributed by atoms with Crippen molar-refractivity contribution in [1.82, 2.24) is 10.5 Å². The minimum atomic E-state index is -0.977. The van der Waals surface area contributed by atoms with Gasteiger partial charge in [0.05, 0.1) is 23.7 Å². The minimum absolute atomic E-state index is 0.0762. The number of nitrogens with zero attached hydrogens (tertiary/aromatic N) is 1. The van der Waals surface area contributed by atoms with E-state index in [0.29, 0.717) is 28.4 Å². The van der Waals surface area contributed by atoms with Crippen LogP contribution in [0.15, 0.2) is 81.7 Å². The Kier molecular flexibility index (Phi) is 6.68. The molecule has 1 unspecified atom stereocenters. The summed E-state index contributed by atoms with van der Waals surface area (Å²) in [6.07, 6.45) is -0.758. The van der Waals surface area contributed by atoms with Gasteiger partial charge in [0.25, 0.3) is 0 Å². The summed E-state index contributed by atoms with van der Waals surface area (Å²) in [7, 11) is 0. The molecule has 0 saturated carbocycles. The van der Waals surface area contributed by atoms with E-state index in [0.717, 1.165) is 27.6 Å². The molecule has 0 saturated heterocycles. The number of aliphatic hydroxyl groups is 1. The molecule has 0 radical (unpaired) electrons. The normalized spacial score (nSPS) is 13.0. The summed E-state index contributed by atoms with van der Waals surface area (Å²) in [6.45, 7) is 7.69. The molecule has 2 N–H and O–H groups in total. The maximum absolute atomic E-state index is 13.2. The molecule has 0 spiro atoms. The molecular weight excluding hydrogens is 464 g/mol. The summed E-state index contributed by atoms with van der Waals surface area (Å²) in [5.74, 6) is 0.886. The van der Waals surface area contributed by atoms with E-state index in [9.17, 15) is 9.90 Å². The zero-order valence-electron chi connectivity index (χ0n) is 21.4. The molecule has 0 aliphatic heterocycles. The highest BCUT2D eigenvalue weighted by Gasteiger charge is 2.24. The van der Waals surface area contributed by atoms with E-state index in [1.165, 1.54) is 5.56 Å². The maximum Gasteiger partial charge on any atom is 0.225 e. The summed E-state index contributed by atoms with van der Waals surface area (Å²) in [4.78, 5) is 13.2. The second kappa shape index (κ2) is 10.1. The number of aliphatic hydroxyl groups excluding tert-OH is 1. The first-order chi connectivity index (χ1) is 17.8. The zero-order chi connectivity index (χ0) is 26.1. The van der Waals surface area contributed by atoms with Gasteiger partial charge in [0.2, 0.25) is 5.91 Å². The number of hydrogen-bond acceptors (Lipinski definition) is 5. The van der Waals surface area contributed by atoms with E-state index in [4.69, 9.17) is 8.94 Å². The van der Waals surface area contributed by atoms with Crippen molar-refractivity contribution in [2.45, 2.75) is 46.3 Å². The third kappa shape index (κ3) is 5.06. The van der Waals surface area contributed by atoms with Crippen LogP contribution >= 0.6 is 0 Å². The van der Waals surface area contributed by atoms with Crippen LogP contribution in [0.5, 0.6) is 0 Å². The van der Waals surface area contributed by atoms with Crippen LogP contribution in [-0.2, 0) is 11.2 Å². The van der Waals surface area contributed by atoms with E-state index in [1.54, 1.807) is 19.9 Å². The van der Waals surface area contributed by atoms with Crippen molar-refractivity contribution in [2.75, 3.05) is 0 Å². The fraction of sp³-hybridized carbons (Fsp3) is 0.226. The average Bonchev–Trinajstić information content (AvgIpc) is 3.45. The summed E-state index contributed by atoms with van der Waals surface area (Å²) in [5, 5.41) is 18.8. The molecule has 6 heteroatoms. The molecule has 3 aromatic carbocycles. The molecule has 2 aromatic heterocycles. The molecule has 37 heavy (non-hydrogen) atoms. The molecule has 5 aromatic rings. The summed E-state index contributed by atoms with van der Waals surface area (Å²) in [6, 6.07) is 23.5. The molecule has 0 aliphatic carbocycles. The fourth-order valence-corrected chi connectivity index (χ4v) is 4.91. The van der Waals surface area contributed by atoms with Crippen LogP contribution in [0.25, 0.3) is 11.0 Å². The summed E-state index contributed by atoms with van der Waals surface area (Å²) in [5.41, 5.74) is 7.17. The largest absolute Gasteiger partial charge is 0.458 e. The first kappa shape index (κ1) is 24.5. The Morgan fingerprint density at radius 2 is 1.76 bits per heavy atom. The van der Waals surface area contributed by atoms with Gasteiger partial charge in [-0.25, -0.2) is 0 Å². The lowest BCUT2D eigenvalue weighted by molar-refractivity contribution is -0.120. The predicted molar refractivity (Wildman–Crippen MR) is 142 cm³/mol. The number of aryl methyl sites for hydroxylation is 4. The highest BCUT2D eigenvalue weighted by atomic mass is 16.5. The standard InChI is InChI=1S/C31H30N2O4/c1-18-10-12-25(19(2)14-18)30(23-8-6-5-7-9-23)32-28(34)16-22-11-13-26-24(15-22)17-27(36-26)31(35)29-20(3)33-37-21(29)4/h5-15,17,30-31,35H,16H2,1-4H3,(H,32,34)/t30?,31-/m0/s1. The molecule has 5 rings (SSSR count). The van der Waals surface area contributed by atoms with Crippen LogP contribution in [0.4, 0.5) is 0 Å². The Morgan fingerprint density at radius 3 is 2.46 bits per heavy atom. The van der Waals surface area contributed by atoms with Gasteiger partial charge in [0.15, 0.2) is 0 Å². The van der Waals surface area contributed by atoms with Crippen LogP contribution in [0.2, 0.25) is 0 Å². The van der Waals surface area contributed by atoms with Gasteiger partial charge < -0.3 is 19.4 Å². The number of carbonyl (C=O) groups excluding carboxylic acids is 1. The van der Waals surface area contributed by atoms with Crippen LogP contribution in [0.3, 0.4) is 0 Å². The summed E-state index contributed by atoms with van der Waals surface area (Å²) >= 11 is 0. The SMILES string of the molecule is Cc1ccc(C(NC(=O)Cc2ccc3oc([C@H](O)c4c(C)noc4C)cc3c2)c2ccccc2)c(C)c1. The number of benzene rings is 3. The first-order valence-corrected chi connectivity index (χ1v) is 12.3. The number of amides is 1. The van der Waals surface area contributed by atoms with Gasteiger partial charge in [0.1, 0.15) is 23.2 Å². The molecule has 6 nitrogen and oxygen atoms in total. The van der Waals surface area contributed by atoms with Crippen LogP contribution in [0, 0.1) is 27.7 Å². The Balaban J connectivity index is 1.37. The van der Waals surface area contributed by atoms with Crippen molar-refractivity contribution < 1.29 is 18.8 Å². The van der Waals surface area contributed by atoms with E-state index in [1.807, 2.05) is 48.5 Å². The lowest BCUT2D eigenvalue weighted by Gasteiger charge is -2.22. The second-order valence-corrected chi connectivity index (χ2v) is 9.61. The Labute approximate surface area is 215 Å². The molecule has 2 atom stereocenters. The molecule has 0 aliphatic rings. The fourth-order valence-electron chi connectivity index (χ4n) is 4.91. The van der Waals surface area contributed by atoms with Gasteiger partial charge >= 0.3 is 0 Å². The van der Waals surface area contributed by atoms with Gasteiger partial charge in [-0.2, -0.15) is 0 Å². The average molecular weight is 495 g/mol. The topological polar surface area (TPSA) is 88.5 Å². The van der Waals surface area contributed by atoms with Crippen molar-refractivity contribution >= 4 is 16.9 Å². The molecule has 188 valence electrons. The number of carbonyl (C=O) groups is 1. The van der Waals surface area contributed by atoms with Gasteiger partial charge in [0, 0.05) is 5.39 Å². The third-order valence-electron chi connectivity index (χ3n) is 6.77. The predicted octanol–water partition coefficient (Wildman–Crippen LogP) is 6.18. The highest BCUT2D eigenvalue weighted by molar-refractivity contribution is 5.83. The number of rotatable bonds is 7. The number of hydrogen-bond donors (Lipinski definition) is 2. The van der Waals surface area contributed by atoms with Crippen molar-refractivity contribution in [3.8, 4) is 0 Å². The Morgan fingerprint density at radius 1 is 0.973 bits per heavy atom. The smallest absolute Gasteiger partial charge is 0.225 e. The van der Waals surface area contributed by atoms with E-state index >= 15 is 0 Å². The first-order valence-electron chi connectivity index (χ1n) is 12.3. The van der Waals surface area contributed by atoms with E-state index in [2.05, 4.69) is 42.5 Å². The van der Waals surface area contributed by atoms with E-state index < -0.39 is 6.10 Å².